The zero-order valence-corrected chi connectivity index (χ0v) is 12.5. The Kier molecular flexibility index (Phi) is 4.38. The third-order valence-electron chi connectivity index (χ3n) is 3.23. The van der Waals surface area contributed by atoms with Gasteiger partial charge >= 0.3 is 0 Å². The Morgan fingerprint density at radius 1 is 1.43 bits per heavy atom. The van der Waals surface area contributed by atoms with Crippen molar-refractivity contribution in [1.29, 1.82) is 0 Å². The van der Waals surface area contributed by atoms with Gasteiger partial charge < -0.3 is 4.74 Å². The van der Waals surface area contributed by atoms with Crippen molar-refractivity contribution in [3.8, 4) is 5.75 Å². The minimum absolute atomic E-state index is 0.0918. The maximum Gasteiger partial charge on any atom is 0.261 e. The van der Waals surface area contributed by atoms with Crippen molar-refractivity contribution in [2.24, 2.45) is 7.05 Å². The molecule has 0 atom stereocenters. The second-order valence-corrected chi connectivity index (χ2v) is 4.53. The molecule has 2 aromatic rings. The van der Waals surface area contributed by atoms with Gasteiger partial charge in [-0.25, -0.2) is 4.98 Å². The lowest BCUT2D eigenvalue weighted by Gasteiger charge is -2.10. The van der Waals surface area contributed by atoms with Crippen LogP contribution < -0.4 is 10.3 Å². The van der Waals surface area contributed by atoms with E-state index in [1.54, 1.807) is 38.4 Å². The van der Waals surface area contributed by atoms with Crippen molar-refractivity contribution >= 4 is 16.5 Å². The molecule has 0 amide bonds. The smallest absolute Gasteiger partial charge is 0.261 e. The molecule has 0 unspecified atom stereocenters. The standard InChI is InChI=1S/C17H18N2O2/c1-5-7-8-12(6-2)16-18-15-11-13(21-4)9-10-14(15)17(20)19(16)3/h5-11H,2H2,1,3-4H3/b7-5-,12-8+. The van der Waals surface area contributed by atoms with Gasteiger partial charge in [-0.15, -0.1) is 0 Å². The molecule has 0 fully saturated rings. The average Bonchev–Trinajstić information content (AvgIpc) is 2.51. The van der Waals surface area contributed by atoms with Gasteiger partial charge in [-0.05, 0) is 19.1 Å². The quantitative estimate of drug-likeness (QED) is 0.809. The molecule has 1 heterocycles. The molecule has 0 radical (unpaired) electrons. The van der Waals surface area contributed by atoms with Crippen LogP contribution in [0, 0.1) is 0 Å². The van der Waals surface area contributed by atoms with Crippen LogP contribution in [0.5, 0.6) is 5.75 Å². The van der Waals surface area contributed by atoms with E-state index in [4.69, 9.17) is 4.74 Å². The van der Waals surface area contributed by atoms with E-state index in [1.165, 1.54) is 4.57 Å². The molecular weight excluding hydrogens is 264 g/mol. The molecule has 1 aromatic carbocycles. The van der Waals surface area contributed by atoms with Crippen molar-refractivity contribution in [3.63, 3.8) is 0 Å². The molecule has 2 rings (SSSR count). The van der Waals surface area contributed by atoms with Gasteiger partial charge in [0.25, 0.3) is 5.56 Å². The van der Waals surface area contributed by atoms with E-state index in [9.17, 15) is 4.79 Å². The summed E-state index contributed by atoms with van der Waals surface area (Å²) < 4.78 is 6.72. The van der Waals surface area contributed by atoms with Crippen LogP contribution in [0.1, 0.15) is 12.7 Å². The van der Waals surface area contributed by atoms with Crippen LogP contribution in [0.15, 0.2) is 53.9 Å². The van der Waals surface area contributed by atoms with Crippen LogP contribution in [0.4, 0.5) is 0 Å². The summed E-state index contributed by atoms with van der Waals surface area (Å²) in [5.74, 6) is 1.25. The number of ether oxygens (including phenoxy) is 1. The van der Waals surface area contributed by atoms with Crippen molar-refractivity contribution in [1.82, 2.24) is 9.55 Å². The van der Waals surface area contributed by atoms with Gasteiger partial charge in [0.05, 0.1) is 18.0 Å². The minimum Gasteiger partial charge on any atom is -0.497 e. The molecule has 0 aliphatic carbocycles. The highest BCUT2D eigenvalue weighted by molar-refractivity contribution is 5.82. The normalized spacial score (nSPS) is 12.0. The molecule has 4 nitrogen and oxygen atoms in total. The number of hydrogen-bond acceptors (Lipinski definition) is 3. The van der Waals surface area contributed by atoms with E-state index in [0.717, 1.165) is 5.57 Å². The summed E-state index contributed by atoms with van der Waals surface area (Å²) in [6.45, 7) is 5.72. The number of methoxy groups -OCH3 is 1. The predicted octanol–water partition coefficient (Wildman–Crippen LogP) is 3.09. The number of benzene rings is 1. The van der Waals surface area contributed by atoms with Crippen LogP contribution in [0.25, 0.3) is 16.5 Å². The number of hydrogen-bond donors (Lipinski definition) is 0. The van der Waals surface area contributed by atoms with E-state index in [2.05, 4.69) is 11.6 Å². The first-order valence-electron chi connectivity index (χ1n) is 6.63. The molecular formula is C17H18N2O2. The number of fused-ring (bicyclic) bond motifs is 1. The summed E-state index contributed by atoms with van der Waals surface area (Å²) >= 11 is 0. The molecule has 108 valence electrons. The highest BCUT2D eigenvalue weighted by atomic mass is 16.5. The summed E-state index contributed by atoms with van der Waals surface area (Å²) in [7, 11) is 3.30. The van der Waals surface area contributed by atoms with Gasteiger partial charge in [-0.3, -0.25) is 9.36 Å². The first kappa shape index (κ1) is 14.8. The van der Waals surface area contributed by atoms with Gasteiger partial charge in [0.15, 0.2) is 0 Å². The largest absolute Gasteiger partial charge is 0.497 e. The molecule has 0 spiro atoms. The highest BCUT2D eigenvalue weighted by Gasteiger charge is 2.10. The average molecular weight is 282 g/mol. The van der Waals surface area contributed by atoms with Crippen molar-refractivity contribution < 1.29 is 4.74 Å². The van der Waals surface area contributed by atoms with Gasteiger partial charge in [-0.1, -0.05) is 30.9 Å². The first-order valence-corrected chi connectivity index (χ1v) is 6.63. The van der Waals surface area contributed by atoms with Crippen LogP contribution in [-0.4, -0.2) is 16.7 Å². The predicted molar refractivity (Wildman–Crippen MR) is 86.5 cm³/mol. The highest BCUT2D eigenvalue weighted by Crippen LogP contribution is 2.19. The second kappa shape index (κ2) is 6.22. The summed E-state index contributed by atoms with van der Waals surface area (Å²) in [4.78, 5) is 17.0. The Balaban J connectivity index is 2.78. The SMILES string of the molecule is C=C/C(=C\C=C/C)c1nc2cc(OC)ccc2c(=O)n1C. The topological polar surface area (TPSA) is 44.1 Å². The molecule has 1 aromatic heterocycles. The van der Waals surface area contributed by atoms with Crippen LogP contribution in [-0.2, 0) is 7.05 Å². The molecule has 21 heavy (non-hydrogen) atoms. The lowest BCUT2D eigenvalue weighted by atomic mass is 10.2. The fourth-order valence-corrected chi connectivity index (χ4v) is 2.07. The fourth-order valence-electron chi connectivity index (χ4n) is 2.07. The van der Waals surface area contributed by atoms with Crippen molar-refractivity contribution in [2.45, 2.75) is 6.92 Å². The van der Waals surface area contributed by atoms with E-state index in [0.29, 0.717) is 22.5 Å². The summed E-state index contributed by atoms with van der Waals surface area (Å²) in [5, 5.41) is 0.566. The third kappa shape index (κ3) is 2.79. The van der Waals surface area contributed by atoms with Crippen LogP contribution in [0.2, 0.25) is 0 Å². The van der Waals surface area contributed by atoms with Crippen LogP contribution in [0.3, 0.4) is 0 Å². The fraction of sp³-hybridized carbons (Fsp3) is 0.176. The lowest BCUT2D eigenvalue weighted by molar-refractivity contribution is 0.415. The van der Waals surface area contributed by atoms with Gasteiger partial charge in [0.2, 0.25) is 0 Å². The maximum absolute atomic E-state index is 12.4. The first-order chi connectivity index (χ1) is 10.1. The van der Waals surface area contributed by atoms with E-state index in [-0.39, 0.29) is 5.56 Å². The Bertz CT molecular complexity index is 798. The molecule has 0 N–H and O–H groups in total. The molecule has 0 bridgehead atoms. The second-order valence-electron chi connectivity index (χ2n) is 4.53. The van der Waals surface area contributed by atoms with Gasteiger partial charge in [0.1, 0.15) is 11.6 Å². The summed E-state index contributed by atoms with van der Waals surface area (Å²) in [6, 6.07) is 5.25. The Morgan fingerprint density at radius 3 is 2.81 bits per heavy atom. The Morgan fingerprint density at radius 2 is 2.19 bits per heavy atom. The third-order valence-corrected chi connectivity index (χ3v) is 3.23. The molecule has 0 saturated carbocycles. The van der Waals surface area contributed by atoms with Crippen LogP contribution >= 0.6 is 0 Å². The molecule has 4 heteroatoms. The van der Waals surface area contributed by atoms with Gasteiger partial charge in [0, 0.05) is 18.7 Å². The zero-order chi connectivity index (χ0) is 15.4. The number of nitrogens with zero attached hydrogens (tertiary/aromatic N) is 2. The molecule has 0 saturated heterocycles. The van der Waals surface area contributed by atoms with E-state index in [1.807, 2.05) is 25.2 Å². The Hall–Kier alpha value is -2.62. The molecule has 0 aliphatic rings. The lowest BCUT2D eigenvalue weighted by Crippen LogP contribution is -2.21. The zero-order valence-electron chi connectivity index (χ0n) is 12.5. The van der Waals surface area contributed by atoms with E-state index >= 15 is 0 Å². The van der Waals surface area contributed by atoms with Gasteiger partial charge in [-0.2, -0.15) is 0 Å². The molecule has 0 aliphatic heterocycles. The monoisotopic (exact) mass is 282 g/mol. The number of aromatic nitrogens is 2. The minimum atomic E-state index is -0.0918. The summed E-state index contributed by atoms with van der Waals surface area (Å²) in [5.41, 5.74) is 1.31. The Labute approximate surface area is 123 Å². The van der Waals surface area contributed by atoms with Crippen molar-refractivity contribution in [3.05, 3.63) is 65.3 Å². The number of allylic oxidation sites excluding steroid dienone is 5. The summed E-state index contributed by atoms with van der Waals surface area (Å²) in [6.07, 6.45) is 7.36. The van der Waals surface area contributed by atoms with E-state index < -0.39 is 0 Å². The maximum atomic E-state index is 12.4. The van der Waals surface area contributed by atoms with Crippen molar-refractivity contribution in [2.75, 3.05) is 7.11 Å². The number of rotatable bonds is 4.